The van der Waals surface area contributed by atoms with Gasteiger partial charge in [-0.05, 0) is 70.6 Å². The van der Waals surface area contributed by atoms with E-state index in [1.807, 2.05) is 30.3 Å². The van der Waals surface area contributed by atoms with Crippen LogP contribution in [0.4, 0.5) is 0 Å². The van der Waals surface area contributed by atoms with Gasteiger partial charge >= 0.3 is 0 Å². The van der Waals surface area contributed by atoms with Crippen molar-refractivity contribution in [3.05, 3.63) is 62.2 Å². The predicted molar refractivity (Wildman–Crippen MR) is 92.7 cm³/mol. The Balaban J connectivity index is 2.46. The number of ether oxygens (including phenoxy) is 1. The Morgan fingerprint density at radius 1 is 1.25 bits per heavy atom. The lowest BCUT2D eigenvalue weighted by Gasteiger charge is -2.21. The van der Waals surface area contributed by atoms with E-state index in [1.165, 1.54) is 14.7 Å². The van der Waals surface area contributed by atoms with Crippen molar-refractivity contribution >= 4 is 34.2 Å². The smallest absolute Gasteiger partial charge is 0.119 e. The van der Waals surface area contributed by atoms with Gasteiger partial charge < -0.3 is 10.1 Å². The molecular weight excluding hydrogens is 385 g/mol. The number of hydrogen-bond acceptors (Lipinski definition) is 2. The van der Waals surface area contributed by atoms with Crippen LogP contribution in [0.3, 0.4) is 0 Å². The first kappa shape index (κ1) is 15.6. The summed E-state index contributed by atoms with van der Waals surface area (Å²) in [6, 6.07) is 14.2. The summed E-state index contributed by atoms with van der Waals surface area (Å²) in [5.41, 5.74) is 2.36. The topological polar surface area (TPSA) is 21.3 Å². The number of methoxy groups -OCH3 is 1. The summed E-state index contributed by atoms with van der Waals surface area (Å²) < 4.78 is 6.51. The van der Waals surface area contributed by atoms with Gasteiger partial charge in [0.05, 0.1) is 13.2 Å². The number of benzene rings is 2. The lowest BCUT2D eigenvalue weighted by Crippen LogP contribution is -2.22. The highest BCUT2D eigenvalue weighted by molar-refractivity contribution is 14.1. The van der Waals surface area contributed by atoms with Gasteiger partial charge in [0.2, 0.25) is 0 Å². The zero-order valence-corrected chi connectivity index (χ0v) is 14.4. The van der Waals surface area contributed by atoms with Crippen LogP contribution < -0.4 is 10.1 Å². The molecule has 0 aliphatic carbocycles. The molecule has 0 bridgehead atoms. The summed E-state index contributed by atoms with van der Waals surface area (Å²) >= 11 is 8.50. The highest BCUT2D eigenvalue weighted by atomic mass is 127. The Kier molecular flexibility index (Phi) is 5.69. The average Bonchev–Trinajstić information content (AvgIpc) is 2.47. The number of rotatable bonds is 5. The van der Waals surface area contributed by atoms with Crippen LogP contribution in [-0.2, 0) is 0 Å². The zero-order chi connectivity index (χ0) is 14.5. The second kappa shape index (κ2) is 7.29. The van der Waals surface area contributed by atoms with Gasteiger partial charge in [-0.25, -0.2) is 0 Å². The lowest BCUT2D eigenvalue weighted by molar-refractivity contribution is 0.413. The van der Waals surface area contributed by atoms with Crippen molar-refractivity contribution in [3.63, 3.8) is 0 Å². The van der Waals surface area contributed by atoms with Gasteiger partial charge in [0, 0.05) is 8.59 Å². The van der Waals surface area contributed by atoms with E-state index in [0.29, 0.717) is 0 Å². The van der Waals surface area contributed by atoms with Crippen LogP contribution in [0.1, 0.15) is 24.1 Å². The van der Waals surface area contributed by atoms with Gasteiger partial charge in [0.1, 0.15) is 5.75 Å². The van der Waals surface area contributed by atoms with E-state index < -0.39 is 0 Å². The summed E-state index contributed by atoms with van der Waals surface area (Å²) in [6.45, 7) is 2.98. The highest BCUT2D eigenvalue weighted by Gasteiger charge is 2.16. The standard InChI is InChI=1S/C16H17ClINO/c1-3-19-16(11-5-4-6-13(9-11)20-2)14-10-12(17)7-8-15(14)18/h4-10,16,19H,3H2,1-2H3. The molecule has 0 aliphatic rings. The molecule has 0 saturated heterocycles. The highest BCUT2D eigenvalue weighted by Crippen LogP contribution is 2.30. The van der Waals surface area contributed by atoms with E-state index in [2.05, 4.69) is 47.0 Å². The molecule has 4 heteroatoms. The van der Waals surface area contributed by atoms with Crippen LogP contribution in [0, 0.1) is 3.57 Å². The van der Waals surface area contributed by atoms with Gasteiger partial charge in [-0.1, -0.05) is 30.7 Å². The molecule has 0 amide bonds. The summed E-state index contributed by atoms with van der Waals surface area (Å²) in [7, 11) is 1.69. The largest absolute Gasteiger partial charge is 0.497 e. The quantitative estimate of drug-likeness (QED) is 0.736. The summed E-state index contributed by atoms with van der Waals surface area (Å²) in [5.74, 6) is 0.863. The summed E-state index contributed by atoms with van der Waals surface area (Å²) in [4.78, 5) is 0. The number of hydrogen-bond donors (Lipinski definition) is 1. The molecule has 2 nitrogen and oxygen atoms in total. The maximum absolute atomic E-state index is 6.15. The molecule has 1 atom stereocenters. The fourth-order valence-corrected chi connectivity index (χ4v) is 3.00. The van der Waals surface area contributed by atoms with E-state index >= 15 is 0 Å². The van der Waals surface area contributed by atoms with Gasteiger partial charge in [0.15, 0.2) is 0 Å². The minimum absolute atomic E-state index is 0.112. The molecule has 0 heterocycles. The lowest BCUT2D eigenvalue weighted by atomic mass is 9.98. The third kappa shape index (κ3) is 3.65. The maximum atomic E-state index is 6.15. The third-order valence-electron chi connectivity index (χ3n) is 3.10. The fourth-order valence-electron chi connectivity index (χ4n) is 2.17. The normalized spacial score (nSPS) is 12.2. The van der Waals surface area contributed by atoms with Crippen LogP contribution in [-0.4, -0.2) is 13.7 Å². The molecule has 2 aromatic rings. The molecule has 2 rings (SSSR count). The molecule has 1 unspecified atom stereocenters. The zero-order valence-electron chi connectivity index (χ0n) is 11.5. The van der Waals surface area contributed by atoms with Crippen LogP contribution >= 0.6 is 34.2 Å². The SMILES string of the molecule is CCNC(c1cccc(OC)c1)c1cc(Cl)ccc1I. The number of halogens is 2. The summed E-state index contributed by atoms with van der Waals surface area (Å²) in [6.07, 6.45) is 0. The Labute approximate surface area is 138 Å². The van der Waals surface area contributed by atoms with E-state index in [1.54, 1.807) is 7.11 Å². The molecule has 2 aromatic carbocycles. The molecule has 0 radical (unpaired) electrons. The predicted octanol–water partition coefficient (Wildman–Crippen LogP) is 4.65. The van der Waals surface area contributed by atoms with Crippen LogP contribution in [0.25, 0.3) is 0 Å². The first-order chi connectivity index (χ1) is 9.65. The van der Waals surface area contributed by atoms with E-state index in [0.717, 1.165) is 17.3 Å². The Hall–Kier alpha value is -0.780. The molecule has 0 aliphatic heterocycles. The van der Waals surface area contributed by atoms with Gasteiger partial charge in [-0.3, -0.25) is 0 Å². The van der Waals surface area contributed by atoms with Crippen molar-refractivity contribution < 1.29 is 4.74 Å². The molecule has 0 spiro atoms. The van der Waals surface area contributed by atoms with E-state index in [9.17, 15) is 0 Å². The maximum Gasteiger partial charge on any atom is 0.119 e. The molecule has 0 saturated carbocycles. The van der Waals surface area contributed by atoms with Crippen molar-refractivity contribution in [2.75, 3.05) is 13.7 Å². The van der Waals surface area contributed by atoms with Crippen LogP contribution in [0.5, 0.6) is 5.75 Å². The average molecular weight is 402 g/mol. The van der Waals surface area contributed by atoms with E-state index in [-0.39, 0.29) is 6.04 Å². The number of nitrogens with one attached hydrogen (secondary N) is 1. The van der Waals surface area contributed by atoms with Crippen molar-refractivity contribution in [1.29, 1.82) is 0 Å². The third-order valence-corrected chi connectivity index (χ3v) is 4.32. The molecule has 0 fully saturated rings. The Morgan fingerprint density at radius 3 is 2.75 bits per heavy atom. The molecule has 0 aromatic heterocycles. The first-order valence-corrected chi connectivity index (χ1v) is 7.93. The monoisotopic (exact) mass is 401 g/mol. The minimum Gasteiger partial charge on any atom is -0.497 e. The Bertz CT molecular complexity index is 588. The molecule has 1 N–H and O–H groups in total. The van der Waals surface area contributed by atoms with Crippen LogP contribution in [0.15, 0.2) is 42.5 Å². The second-order valence-corrected chi connectivity index (χ2v) is 6.03. The molecular formula is C16H17ClINO. The van der Waals surface area contributed by atoms with Gasteiger partial charge in [-0.2, -0.15) is 0 Å². The first-order valence-electron chi connectivity index (χ1n) is 6.48. The van der Waals surface area contributed by atoms with Crippen molar-refractivity contribution in [2.24, 2.45) is 0 Å². The van der Waals surface area contributed by atoms with E-state index in [4.69, 9.17) is 16.3 Å². The second-order valence-electron chi connectivity index (χ2n) is 4.43. The van der Waals surface area contributed by atoms with Crippen molar-refractivity contribution in [1.82, 2.24) is 5.32 Å². The van der Waals surface area contributed by atoms with Crippen molar-refractivity contribution in [2.45, 2.75) is 13.0 Å². The summed E-state index contributed by atoms with van der Waals surface area (Å²) in [5, 5.41) is 4.27. The van der Waals surface area contributed by atoms with Gasteiger partial charge in [-0.15, -0.1) is 0 Å². The molecule has 20 heavy (non-hydrogen) atoms. The van der Waals surface area contributed by atoms with Gasteiger partial charge in [0.25, 0.3) is 0 Å². The van der Waals surface area contributed by atoms with Crippen LogP contribution in [0.2, 0.25) is 5.02 Å². The fraction of sp³-hybridized carbons (Fsp3) is 0.250. The Morgan fingerprint density at radius 2 is 2.05 bits per heavy atom. The minimum atomic E-state index is 0.112. The van der Waals surface area contributed by atoms with Crippen molar-refractivity contribution in [3.8, 4) is 5.75 Å². The molecule has 106 valence electrons.